The third-order valence-electron chi connectivity index (χ3n) is 6.68. The van der Waals surface area contributed by atoms with Gasteiger partial charge in [-0.2, -0.15) is 0 Å². The van der Waals surface area contributed by atoms with Gasteiger partial charge in [-0.25, -0.2) is 0 Å². The van der Waals surface area contributed by atoms with E-state index in [1.54, 1.807) is 18.7 Å². The molecule has 0 aliphatic heterocycles. The van der Waals surface area contributed by atoms with Crippen LogP contribution in [-0.4, -0.2) is 29.5 Å². The van der Waals surface area contributed by atoms with Gasteiger partial charge in [-0.05, 0) is 61.1 Å². The molecule has 1 aromatic heterocycles. The average molecular weight is 503 g/mol. The van der Waals surface area contributed by atoms with Gasteiger partial charge in [-0.3, -0.25) is 4.79 Å². The first-order chi connectivity index (χ1) is 17.5. The number of aryl methyl sites for hydroxylation is 1. The van der Waals surface area contributed by atoms with Crippen molar-refractivity contribution in [3.05, 3.63) is 89.7 Å². The van der Waals surface area contributed by atoms with Gasteiger partial charge >= 0.3 is 5.97 Å². The Balaban J connectivity index is 1.30. The second-order valence-electron chi connectivity index (χ2n) is 9.19. The van der Waals surface area contributed by atoms with Crippen LogP contribution in [0.3, 0.4) is 0 Å². The van der Waals surface area contributed by atoms with Crippen LogP contribution in [0.5, 0.6) is 0 Å². The highest BCUT2D eigenvalue weighted by atomic mass is 32.2. The molecule has 188 valence electrons. The maximum absolute atomic E-state index is 11.1. The second-order valence-corrected chi connectivity index (χ2v) is 10.4. The number of furan rings is 1. The molecule has 2 unspecified atom stereocenters. The number of para-hydroxylation sites is 1. The maximum Gasteiger partial charge on any atom is 0.310 e. The number of carboxylic acids is 1. The van der Waals surface area contributed by atoms with E-state index < -0.39 is 11.9 Å². The molecule has 4 rings (SSSR count). The molecule has 0 aliphatic rings. The van der Waals surface area contributed by atoms with Crippen molar-refractivity contribution in [1.29, 1.82) is 0 Å². The highest BCUT2D eigenvalue weighted by Crippen LogP contribution is 2.34. The number of carbonyl (C=O) groups is 1. The van der Waals surface area contributed by atoms with Gasteiger partial charge < -0.3 is 14.3 Å². The zero-order valence-corrected chi connectivity index (χ0v) is 22.0. The van der Waals surface area contributed by atoms with Crippen molar-refractivity contribution in [2.24, 2.45) is 0 Å². The molecule has 1 N–H and O–H groups in total. The summed E-state index contributed by atoms with van der Waals surface area (Å²) in [6.07, 6.45) is 4.74. The van der Waals surface area contributed by atoms with E-state index >= 15 is 0 Å². The predicted octanol–water partition coefficient (Wildman–Crippen LogP) is 8.12. The predicted molar refractivity (Wildman–Crippen MR) is 148 cm³/mol. The molecule has 0 radical (unpaired) electrons. The number of fused-ring (bicyclic) bond motifs is 1. The number of hydrogen-bond donors (Lipinski definition) is 1. The van der Waals surface area contributed by atoms with Gasteiger partial charge in [0.05, 0.1) is 18.3 Å². The first-order valence-corrected chi connectivity index (χ1v) is 13.6. The van der Waals surface area contributed by atoms with Crippen LogP contribution in [0.1, 0.15) is 49.3 Å². The minimum Gasteiger partial charge on any atom is -0.481 e. The highest BCUT2D eigenvalue weighted by molar-refractivity contribution is 7.99. The number of ether oxygens (including phenoxy) is 1. The van der Waals surface area contributed by atoms with Crippen LogP contribution in [-0.2, 0) is 16.0 Å². The van der Waals surface area contributed by atoms with E-state index in [2.05, 4.69) is 56.3 Å². The zero-order valence-electron chi connectivity index (χ0n) is 21.2. The van der Waals surface area contributed by atoms with Gasteiger partial charge in [0, 0.05) is 34.6 Å². The Morgan fingerprint density at radius 3 is 2.53 bits per heavy atom. The molecule has 2 atom stereocenters. The van der Waals surface area contributed by atoms with Crippen molar-refractivity contribution in [1.82, 2.24) is 0 Å². The molecule has 3 aromatic carbocycles. The third-order valence-corrected chi connectivity index (χ3v) is 7.78. The monoisotopic (exact) mass is 502 g/mol. The van der Waals surface area contributed by atoms with Crippen LogP contribution < -0.4 is 0 Å². The molecule has 0 spiro atoms. The van der Waals surface area contributed by atoms with E-state index in [0.29, 0.717) is 6.61 Å². The Labute approximate surface area is 217 Å². The van der Waals surface area contributed by atoms with Gasteiger partial charge in [0.2, 0.25) is 0 Å². The molecule has 4 aromatic rings. The topological polar surface area (TPSA) is 59.7 Å². The van der Waals surface area contributed by atoms with Crippen molar-refractivity contribution in [2.75, 3.05) is 12.4 Å². The highest BCUT2D eigenvalue weighted by Gasteiger charge is 2.16. The molecule has 4 nitrogen and oxygen atoms in total. The summed E-state index contributed by atoms with van der Waals surface area (Å²) in [5.41, 5.74) is 6.56. The molecule has 0 fully saturated rings. The van der Waals surface area contributed by atoms with Gasteiger partial charge in [0.15, 0.2) is 0 Å². The number of rotatable bonds is 12. The SMILES string of the molecule is CCC(Cc1cccc2c(-c3ccccc3C)coc12)OCCCSc1ccc(C(C)C(=O)O)cc1. The standard InChI is InChI=1S/C31H34O4S/c1-4-25(34-17-8-18-36-26-15-13-23(14-16-26)22(3)31(32)33)19-24-10-7-12-28-29(20-35-30(24)28)27-11-6-5-9-21(27)2/h5-7,9-16,20,22,25H,4,8,17-19H2,1-3H3,(H,32,33). The van der Waals surface area contributed by atoms with Crippen molar-refractivity contribution < 1.29 is 19.1 Å². The number of thioether (sulfide) groups is 1. The number of carboxylic acid groups (broad SMARTS) is 1. The van der Waals surface area contributed by atoms with Crippen molar-refractivity contribution in [3.63, 3.8) is 0 Å². The van der Waals surface area contributed by atoms with Gasteiger partial charge in [0.25, 0.3) is 0 Å². The van der Waals surface area contributed by atoms with Crippen LogP contribution in [0, 0.1) is 6.92 Å². The summed E-state index contributed by atoms with van der Waals surface area (Å²) in [4.78, 5) is 12.3. The van der Waals surface area contributed by atoms with Crippen molar-refractivity contribution in [3.8, 4) is 11.1 Å². The Morgan fingerprint density at radius 2 is 1.81 bits per heavy atom. The summed E-state index contributed by atoms with van der Waals surface area (Å²) in [5, 5.41) is 10.3. The summed E-state index contributed by atoms with van der Waals surface area (Å²) < 4.78 is 12.3. The lowest BCUT2D eigenvalue weighted by Gasteiger charge is -2.16. The summed E-state index contributed by atoms with van der Waals surface area (Å²) >= 11 is 1.77. The first-order valence-electron chi connectivity index (χ1n) is 12.6. The van der Waals surface area contributed by atoms with E-state index in [1.807, 2.05) is 30.5 Å². The van der Waals surface area contributed by atoms with E-state index in [0.717, 1.165) is 52.0 Å². The van der Waals surface area contributed by atoms with E-state index in [1.165, 1.54) is 16.7 Å². The lowest BCUT2D eigenvalue weighted by Crippen LogP contribution is -2.16. The lowest BCUT2D eigenvalue weighted by molar-refractivity contribution is -0.138. The molecule has 36 heavy (non-hydrogen) atoms. The fourth-order valence-electron chi connectivity index (χ4n) is 4.42. The molecule has 0 amide bonds. The molecule has 0 saturated carbocycles. The third kappa shape index (κ3) is 6.21. The maximum atomic E-state index is 11.1. The fraction of sp³-hybridized carbons (Fsp3) is 0.323. The Hall–Kier alpha value is -3.02. The van der Waals surface area contributed by atoms with Crippen molar-refractivity contribution >= 4 is 28.7 Å². The molecular formula is C31H34O4S. The van der Waals surface area contributed by atoms with Crippen LogP contribution >= 0.6 is 11.8 Å². The smallest absolute Gasteiger partial charge is 0.310 e. The van der Waals surface area contributed by atoms with Crippen molar-refractivity contribution in [2.45, 2.75) is 57.0 Å². The summed E-state index contributed by atoms with van der Waals surface area (Å²) in [6.45, 7) is 6.72. The molecule has 1 heterocycles. The van der Waals surface area contributed by atoms with Crippen LogP contribution in [0.25, 0.3) is 22.1 Å². The number of benzene rings is 3. The molecular weight excluding hydrogens is 468 g/mol. The minimum absolute atomic E-state index is 0.143. The lowest BCUT2D eigenvalue weighted by atomic mass is 9.97. The minimum atomic E-state index is -0.798. The quantitative estimate of drug-likeness (QED) is 0.157. The molecule has 0 bridgehead atoms. The first kappa shape index (κ1) is 26.1. The van der Waals surface area contributed by atoms with Gasteiger partial charge in [-0.1, -0.05) is 61.5 Å². The summed E-state index contributed by atoms with van der Waals surface area (Å²) in [7, 11) is 0. The van der Waals surface area contributed by atoms with Crippen LogP contribution in [0.2, 0.25) is 0 Å². The molecule has 0 aliphatic carbocycles. The normalized spacial score (nSPS) is 13.1. The summed E-state index contributed by atoms with van der Waals surface area (Å²) in [5.74, 6) is -0.324. The largest absolute Gasteiger partial charge is 0.481 e. The second kappa shape index (κ2) is 12.3. The van der Waals surface area contributed by atoms with Gasteiger partial charge in [-0.15, -0.1) is 11.8 Å². The van der Waals surface area contributed by atoms with E-state index in [-0.39, 0.29) is 6.10 Å². The molecule has 0 saturated heterocycles. The van der Waals surface area contributed by atoms with E-state index in [9.17, 15) is 4.79 Å². The fourth-order valence-corrected chi connectivity index (χ4v) is 5.25. The zero-order chi connectivity index (χ0) is 25.5. The van der Waals surface area contributed by atoms with Gasteiger partial charge in [0.1, 0.15) is 5.58 Å². The number of hydrogen-bond acceptors (Lipinski definition) is 4. The molecule has 5 heteroatoms. The summed E-state index contributed by atoms with van der Waals surface area (Å²) in [6, 6.07) is 22.6. The Kier molecular flexibility index (Phi) is 8.89. The Bertz CT molecular complexity index is 1290. The van der Waals surface area contributed by atoms with E-state index in [4.69, 9.17) is 14.3 Å². The van der Waals surface area contributed by atoms with Crippen LogP contribution in [0.4, 0.5) is 0 Å². The van der Waals surface area contributed by atoms with Crippen LogP contribution in [0.15, 0.2) is 82.3 Å². The Morgan fingerprint density at radius 1 is 1.03 bits per heavy atom. The average Bonchev–Trinajstić information content (AvgIpc) is 3.33. The number of aliphatic carboxylic acids is 1.